The summed E-state index contributed by atoms with van der Waals surface area (Å²) in [5.41, 5.74) is 1.39. The molecule has 5 nitrogen and oxygen atoms in total. The van der Waals surface area contributed by atoms with Crippen molar-refractivity contribution in [3.8, 4) is 11.5 Å². The van der Waals surface area contributed by atoms with Crippen LogP contribution in [0, 0.1) is 0 Å². The summed E-state index contributed by atoms with van der Waals surface area (Å²) in [6, 6.07) is 22.6. The molecule has 0 spiro atoms. The Hall–Kier alpha value is -3.60. The molecular weight excluding hydrogens is 356 g/mol. The van der Waals surface area contributed by atoms with Crippen molar-refractivity contribution < 1.29 is 23.8 Å². The summed E-state index contributed by atoms with van der Waals surface area (Å²) in [4.78, 5) is 25.8. The second kappa shape index (κ2) is 7.96. The van der Waals surface area contributed by atoms with Gasteiger partial charge in [0.05, 0.1) is 5.56 Å². The molecule has 0 amide bonds. The number of ketones is 1. The lowest BCUT2D eigenvalue weighted by Gasteiger charge is -2.20. The Morgan fingerprint density at radius 3 is 2.11 bits per heavy atom. The molecule has 3 aromatic carbocycles. The molecule has 4 rings (SSSR count). The monoisotopic (exact) mass is 374 g/mol. The fourth-order valence-electron chi connectivity index (χ4n) is 3.00. The van der Waals surface area contributed by atoms with Crippen molar-refractivity contribution in [1.29, 1.82) is 0 Å². The molecule has 1 unspecified atom stereocenters. The minimum absolute atomic E-state index is 0.280. The fourth-order valence-corrected chi connectivity index (χ4v) is 3.00. The molecule has 1 atom stereocenters. The molecule has 0 saturated carbocycles. The van der Waals surface area contributed by atoms with Gasteiger partial charge < -0.3 is 14.2 Å². The lowest BCUT2D eigenvalue weighted by Crippen LogP contribution is -2.21. The van der Waals surface area contributed by atoms with E-state index in [0.29, 0.717) is 41.4 Å². The van der Waals surface area contributed by atoms with Crippen LogP contribution in [-0.4, -0.2) is 25.0 Å². The smallest absolute Gasteiger partial charge is 0.339 e. The van der Waals surface area contributed by atoms with Gasteiger partial charge in [-0.15, -0.1) is 0 Å². The van der Waals surface area contributed by atoms with Gasteiger partial charge in [0, 0.05) is 11.1 Å². The predicted molar refractivity (Wildman–Crippen MR) is 103 cm³/mol. The third-order valence-corrected chi connectivity index (χ3v) is 4.40. The first-order valence-corrected chi connectivity index (χ1v) is 8.97. The summed E-state index contributed by atoms with van der Waals surface area (Å²) in [7, 11) is 0. The van der Waals surface area contributed by atoms with Crippen LogP contribution in [0.5, 0.6) is 11.5 Å². The summed E-state index contributed by atoms with van der Waals surface area (Å²) in [6.45, 7) is 0.892. The van der Waals surface area contributed by atoms with E-state index < -0.39 is 12.1 Å². The second-order valence-corrected chi connectivity index (χ2v) is 6.28. The number of benzene rings is 3. The maximum atomic E-state index is 13.0. The first-order chi connectivity index (χ1) is 13.7. The van der Waals surface area contributed by atoms with Crippen LogP contribution in [0.25, 0.3) is 0 Å². The van der Waals surface area contributed by atoms with E-state index in [1.807, 2.05) is 12.1 Å². The van der Waals surface area contributed by atoms with Crippen molar-refractivity contribution in [2.75, 3.05) is 13.2 Å². The van der Waals surface area contributed by atoms with Crippen molar-refractivity contribution in [3.05, 3.63) is 95.6 Å². The lowest BCUT2D eigenvalue weighted by molar-refractivity contribution is 0.0279. The number of rotatable bonds is 5. The number of hydrogen-bond donors (Lipinski definition) is 0. The zero-order chi connectivity index (χ0) is 19.3. The number of carbonyl (C=O) groups is 2. The van der Waals surface area contributed by atoms with Gasteiger partial charge in [0.25, 0.3) is 0 Å². The van der Waals surface area contributed by atoms with Crippen molar-refractivity contribution >= 4 is 11.8 Å². The SMILES string of the molecule is O=C(OC(C(=O)c1ccccc1)c1ccccc1)c1ccc2c(c1)OCCO2. The van der Waals surface area contributed by atoms with Crippen molar-refractivity contribution in [3.63, 3.8) is 0 Å². The van der Waals surface area contributed by atoms with Gasteiger partial charge in [-0.2, -0.15) is 0 Å². The molecule has 5 heteroatoms. The molecule has 0 aromatic heterocycles. The van der Waals surface area contributed by atoms with Crippen LogP contribution in [-0.2, 0) is 4.74 Å². The molecular formula is C23H18O5. The van der Waals surface area contributed by atoms with E-state index in [9.17, 15) is 9.59 Å². The number of esters is 1. The largest absolute Gasteiger partial charge is 0.486 e. The summed E-state index contributed by atoms with van der Waals surface area (Å²) in [5.74, 6) is 0.196. The Bertz CT molecular complexity index is 982. The molecule has 28 heavy (non-hydrogen) atoms. The van der Waals surface area contributed by atoms with Gasteiger partial charge in [0.1, 0.15) is 13.2 Å². The highest BCUT2D eigenvalue weighted by Gasteiger charge is 2.27. The van der Waals surface area contributed by atoms with E-state index in [0.717, 1.165) is 0 Å². The Labute approximate surface area is 162 Å². The quantitative estimate of drug-likeness (QED) is 0.494. The van der Waals surface area contributed by atoms with Gasteiger partial charge in [0.15, 0.2) is 17.6 Å². The molecule has 1 heterocycles. The second-order valence-electron chi connectivity index (χ2n) is 6.28. The summed E-state index contributed by atoms with van der Waals surface area (Å²) >= 11 is 0. The molecule has 140 valence electrons. The summed E-state index contributed by atoms with van der Waals surface area (Å²) in [6.07, 6.45) is -1.04. The average molecular weight is 374 g/mol. The van der Waals surface area contributed by atoms with Gasteiger partial charge in [-0.05, 0) is 18.2 Å². The topological polar surface area (TPSA) is 61.8 Å². The Morgan fingerprint density at radius 2 is 1.39 bits per heavy atom. The summed E-state index contributed by atoms with van der Waals surface area (Å²) in [5, 5.41) is 0. The molecule has 0 aliphatic carbocycles. The standard InChI is InChI=1S/C23H18O5/c24-21(16-7-3-1-4-8-16)22(17-9-5-2-6-10-17)28-23(25)18-11-12-19-20(15-18)27-14-13-26-19/h1-12,15,22H,13-14H2. The van der Waals surface area contributed by atoms with Gasteiger partial charge in [-0.1, -0.05) is 60.7 Å². The number of hydrogen-bond acceptors (Lipinski definition) is 5. The molecule has 1 aliphatic rings. The Kier molecular flexibility index (Phi) is 5.06. The van der Waals surface area contributed by atoms with Crippen LogP contribution in [0.4, 0.5) is 0 Å². The molecule has 0 radical (unpaired) electrons. The summed E-state index contributed by atoms with van der Waals surface area (Å²) < 4.78 is 16.6. The molecule has 0 fully saturated rings. The predicted octanol–water partition coefficient (Wildman–Crippen LogP) is 4.24. The van der Waals surface area contributed by atoms with Gasteiger partial charge in [-0.3, -0.25) is 4.79 Å². The number of fused-ring (bicyclic) bond motifs is 1. The van der Waals surface area contributed by atoms with Crippen molar-refractivity contribution in [1.82, 2.24) is 0 Å². The van der Waals surface area contributed by atoms with E-state index in [4.69, 9.17) is 14.2 Å². The zero-order valence-electron chi connectivity index (χ0n) is 15.0. The van der Waals surface area contributed by atoms with E-state index in [2.05, 4.69) is 0 Å². The minimum atomic E-state index is -1.04. The van der Waals surface area contributed by atoms with Crippen molar-refractivity contribution in [2.24, 2.45) is 0 Å². The van der Waals surface area contributed by atoms with Gasteiger partial charge >= 0.3 is 5.97 Å². The van der Waals surface area contributed by atoms with Crippen LogP contribution in [0.2, 0.25) is 0 Å². The highest BCUT2D eigenvalue weighted by molar-refractivity contribution is 6.02. The molecule has 1 aliphatic heterocycles. The Balaban J connectivity index is 1.62. The van der Waals surface area contributed by atoms with Crippen LogP contribution >= 0.6 is 0 Å². The minimum Gasteiger partial charge on any atom is -0.486 e. The molecule has 0 N–H and O–H groups in total. The van der Waals surface area contributed by atoms with E-state index >= 15 is 0 Å². The van der Waals surface area contributed by atoms with E-state index in [1.54, 1.807) is 66.7 Å². The van der Waals surface area contributed by atoms with Crippen LogP contribution < -0.4 is 9.47 Å². The first kappa shape index (κ1) is 17.8. The third kappa shape index (κ3) is 3.74. The highest BCUT2D eigenvalue weighted by Crippen LogP contribution is 2.32. The lowest BCUT2D eigenvalue weighted by atomic mass is 9.99. The number of carbonyl (C=O) groups excluding carboxylic acids is 2. The molecule has 0 saturated heterocycles. The zero-order valence-corrected chi connectivity index (χ0v) is 15.0. The first-order valence-electron chi connectivity index (χ1n) is 8.97. The number of ether oxygens (including phenoxy) is 3. The van der Waals surface area contributed by atoms with E-state index in [1.165, 1.54) is 0 Å². The average Bonchev–Trinajstić information content (AvgIpc) is 2.77. The normalized spacial score (nSPS) is 13.4. The molecule has 3 aromatic rings. The maximum absolute atomic E-state index is 13.0. The van der Waals surface area contributed by atoms with Gasteiger partial charge in [0.2, 0.25) is 5.78 Å². The van der Waals surface area contributed by atoms with Crippen molar-refractivity contribution in [2.45, 2.75) is 6.10 Å². The van der Waals surface area contributed by atoms with Crippen LogP contribution in [0.3, 0.4) is 0 Å². The molecule has 0 bridgehead atoms. The highest BCUT2D eigenvalue weighted by atomic mass is 16.6. The van der Waals surface area contributed by atoms with Crippen LogP contribution in [0.1, 0.15) is 32.4 Å². The maximum Gasteiger partial charge on any atom is 0.339 e. The fraction of sp³-hybridized carbons (Fsp3) is 0.130. The van der Waals surface area contributed by atoms with Crippen LogP contribution in [0.15, 0.2) is 78.9 Å². The van der Waals surface area contributed by atoms with E-state index in [-0.39, 0.29) is 5.78 Å². The number of Topliss-reactive ketones (excluding diaryl/α,β-unsaturated/α-hetero) is 1. The van der Waals surface area contributed by atoms with Gasteiger partial charge in [-0.25, -0.2) is 4.79 Å². The Morgan fingerprint density at radius 1 is 0.750 bits per heavy atom. The third-order valence-electron chi connectivity index (χ3n) is 4.40.